The van der Waals surface area contributed by atoms with E-state index in [4.69, 9.17) is 9.47 Å². The van der Waals surface area contributed by atoms with E-state index in [1.54, 1.807) is 13.0 Å². The van der Waals surface area contributed by atoms with Gasteiger partial charge in [-0.1, -0.05) is 24.3 Å². The average Bonchev–Trinajstić information content (AvgIpc) is 2.96. The van der Waals surface area contributed by atoms with Crippen molar-refractivity contribution in [1.29, 1.82) is 0 Å². The minimum atomic E-state index is -0.738. The minimum Gasteiger partial charge on any atom is -0.482 e. The van der Waals surface area contributed by atoms with Gasteiger partial charge in [-0.25, -0.2) is 4.98 Å². The van der Waals surface area contributed by atoms with Crippen LogP contribution >= 0.6 is 0 Å². The second-order valence-corrected chi connectivity index (χ2v) is 5.40. The third-order valence-electron chi connectivity index (χ3n) is 3.73. The molecule has 2 aromatic carbocycles. The summed E-state index contributed by atoms with van der Waals surface area (Å²) in [5, 5.41) is 2.75. The van der Waals surface area contributed by atoms with Crippen LogP contribution in [-0.2, 0) is 4.79 Å². The lowest BCUT2D eigenvalue weighted by Gasteiger charge is -2.30. The minimum absolute atomic E-state index is 0.300. The SMILES string of the molecule is CC1Oc2ccccc2OC1C(=O)Nc1nc2ccccc2[nH]1. The van der Waals surface area contributed by atoms with Crippen LogP contribution in [0.15, 0.2) is 48.5 Å². The summed E-state index contributed by atoms with van der Waals surface area (Å²) in [6, 6.07) is 14.9. The van der Waals surface area contributed by atoms with Crippen molar-refractivity contribution < 1.29 is 14.3 Å². The van der Waals surface area contributed by atoms with Crippen molar-refractivity contribution in [3.8, 4) is 11.5 Å². The number of hydrogen-bond donors (Lipinski definition) is 2. The fraction of sp³-hybridized carbons (Fsp3) is 0.176. The number of anilines is 1. The van der Waals surface area contributed by atoms with E-state index in [-0.39, 0.29) is 5.91 Å². The van der Waals surface area contributed by atoms with Crippen molar-refractivity contribution in [3.63, 3.8) is 0 Å². The molecule has 0 spiro atoms. The van der Waals surface area contributed by atoms with Crippen LogP contribution in [0.3, 0.4) is 0 Å². The smallest absolute Gasteiger partial charge is 0.271 e. The number of hydrogen-bond acceptors (Lipinski definition) is 4. The number of aromatic amines is 1. The molecule has 0 radical (unpaired) electrons. The van der Waals surface area contributed by atoms with Crippen LogP contribution in [0.5, 0.6) is 11.5 Å². The van der Waals surface area contributed by atoms with Crippen LogP contribution in [0.4, 0.5) is 5.95 Å². The zero-order valence-corrected chi connectivity index (χ0v) is 12.4. The number of carbonyl (C=O) groups is 1. The van der Waals surface area contributed by atoms with E-state index in [9.17, 15) is 4.79 Å². The molecule has 2 heterocycles. The van der Waals surface area contributed by atoms with Gasteiger partial charge in [0.15, 0.2) is 11.5 Å². The third kappa shape index (κ3) is 2.48. The summed E-state index contributed by atoms with van der Waals surface area (Å²) in [4.78, 5) is 19.9. The predicted molar refractivity (Wildman–Crippen MR) is 85.7 cm³/mol. The number of aromatic nitrogens is 2. The number of rotatable bonds is 2. The molecule has 2 atom stereocenters. The molecule has 1 aliphatic heterocycles. The highest BCUT2D eigenvalue weighted by Crippen LogP contribution is 2.33. The normalized spacial score (nSPS) is 19.5. The molecule has 2 unspecified atom stereocenters. The Morgan fingerprint density at radius 2 is 1.78 bits per heavy atom. The molecular weight excluding hydrogens is 294 g/mol. The van der Waals surface area contributed by atoms with E-state index in [0.717, 1.165) is 11.0 Å². The Bertz CT molecular complexity index is 841. The largest absolute Gasteiger partial charge is 0.482 e. The van der Waals surface area contributed by atoms with Gasteiger partial charge < -0.3 is 14.5 Å². The number of carbonyl (C=O) groups excluding carboxylic acids is 1. The molecular formula is C17H15N3O3. The van der Waals surface area contributed by atoms with Gasteiger partial charge in [0.1, 0.15) is 6.10 Å². The summed E-state index contributed by atoms with van der Waals surface area (Å²) in [6.07, 6.45) is -1.13. The number of benzene rings is 2. The van der Waals surface area contributed by atoms with Gasteiger partial charge in [0.25, 0.3) is 5.91 Å². The number of amides is 1. The number of nitrogens with one attached hydrogen (secondary N) is 2. The molecule has 0 fully saturated rings. The van der Waals surface area contributed by atoms with Gasteiger partial charge in [0.05, 0.1) is 11.0 Å². The summed E-state index contributed by atoms with van der Waals surface area (Å²) in [5.41, 5.74) is 1.66. The lowest BCUT2D eigenvalue weighted by atomic mass is 10.1. The van der Waals surface area contributed by atoms with E-state index < -0.39 is 12.2 Å². The van der Waals surface area contributed by atoms with E-state index >= 15 is 0 Å². The first-order valence-electron chi connectivity index (χ1n) is 7.39. The third-order valence-corrected chi connectivity index (χ3v) is 3.73. The van der Waals surface area contributed by atoms with Crippen molar-refractivity contribution in [2.75, 3.05) is 5.32 Å². The molecule has 116 valence electrons. The Morgan fingerprint density at radius 3 is 2.57 bits per heavy atom. The highest BCUT2D eigenvalue weighted by atomic mass is 16.6. The fourth-order valence-electron chi connectivity index (χ4n) is 2.61. The van der Waals surface area contributed by atoms with Crippen molar-refractivity contribution in [2.45, 2.75) is 19.1 Å². The van der Waals surface area contributed by atoms with Crippen LogP contribution in [0, 0.1) is 0 Å². The summed E-state index contributed by atoms with van der Waals surface area (Å²) in [5.74, 6) is 1.31. The fourth-order valence-corrected chi connectivity index (χ4v) is 2.61. The zero-order chi connectivity index (χ0) is 15.8. The lowest BCUT2D eigenvalue weighted by molar-refractivity contribution is -0.128. The molecule has 23 heavy (non-hydrogen) atoms. The average molecular weight is 309 g/mol. The number of para-hydroxylation sites is 4. The standard InChI is InChI=1S/C17H15N3O3/c1-10-15(23-14-9-5-4-8-13(14)22-10)16(21)20-17-18-11-6-2-3-7-12(11)19-17/h2-10,15H,1H3,(H2,18,19,20,21). The van der Waals surface area contributed by atoms with Gasteiger partial charge in [0, 0.05) is 0 Å². The van der Waals surface area contributed by atoms with Crippen LogP contribution in [0.1, 0.15) is 6.92 Å². The molecule has 2 N–H and O–H groups in total. The first-order valence-corrected chi connectivity index (χ1v) is 7.39. The second-order valence-electron chi connectivity index (χ2n) is 5.40. The topological polar surface area (TPSA) is 76.2 Å². The first kappa shape index (κ1) is 13.6. The van der Waals surface area contributed by atoms with Crippen molar-refractivity contribution in [3.05, 3.63) is 48.5 Å². The van der Waals surface area contributed by atoms with Crippen LogP contribution < -0.4 is 14.8 Å². The van der Waals surface area contributed by atoms with Crippen LogP contribution in [-0.4, -0.2) is 28.1 Å². The first-order chi connectivity index (χ1) is 11.2. The van der Waals surface area contributed by atoms with E-state index in [2.05, 4.69) is 15.3 Å². The molecule has 1 aliphatic rings. The van der Waals surface area contributed by atoms with E-state index in [0.29, 0.717) is 17.4 Å². The molecule has 0 aliphatic carbocycles. The zero-order valence-electron chi connectivity index (χ0n) is 12.4. The molecule has 3 aromatic rings. The van der Waals surface area contributed by atoms with Crippen molar-refractivity contribution in [2.24, 2.45) is 0 Å². The second kappa shape index (κ2) is 5.31. The number of imidazole rings is 1. The molecule has 4 rings (SSSR count). The summed E-state index contributed by atoms with van der Waals surface area (Å²) >= 11 is 0. The van der Waals surface area contributed by atoms with Gasteiger partial charge in [-0.2, -0.15) is 0 Å². The van der Waals surface area contributed by atoms with Gasteiger partial charge >= 0.3 is 0 Å². The van der Waals surface area contributed by atoms with Crippen molar-refractivity contribution in [1.82, 2.24) is 9.97 Å². The maximum absolute atomic E-state index is 12.5. The Hall–Kier alpha value is -3.02. The van der Waals surface area contributed by atoms with Crippen molar-refractivity contribution >= 4 is 22.9 Å². The van der Waals surface area contributed by atoms with Gasteiger partial charge in [-0.15, -0.1) is 0 Å². The Balaban J connectivity index is 1.55. The summed E-state index contributed by atoms with van der Waals surface area (Å²) < 4.78 is 11.5. The number of fused-ring (bicyclic) bond motifs is 2. The quantitative estimate of drug-likeness (QED) is 0.763. The lowest BCUT2D eigenvalue weighted by Crippen LogP contribution is -2.46. The molecule has 6 nitrogen and oxygen atoms in total. The number of nitrogens with zero attached hydrogens (tertiary/aromatic N) is 1. The molecule has 0 saturated carbocycles. The van der Waals surface area contributed by atoms with E-state index in [1.165, 1.54) is 0 Å². The maximum Gasteiger partial charge on any atom is 0.271 e. The summed E-state index contributed by atoms with van der Waals surface area (Å²) in [6.45, 7) is 1.80. The number of H-pyrrole nitrogens is 1. The predicted octanol–water partition coefficient (Wildman–Crippen LogP) is 2.73. The maximum atomic E-state index is 12.5. The number of ether oxygens (including phenoxy) is 2. The van der Waals surface area contributed by atoms with Gasteiger partial charge in [0.2, 0.25) is 12.1 Å². The van der Waals surface area contributed by atoms with Gasteiger partial charge in [-0.3, -0.25) is 10.1 Å². The van der Waals surface area contributed by atoms with Crippen LogP contribution in [0.2, 0.25) is 0 Å². The molecule has 1 aromatic heterocycles. The van der Waals surface area contributed by atoms with Gasteiger partial charge in [-0.05, 0) is 31.2 Å². The molecule has 1 amide bonds. The Kier molecular flexibility index (Phi) is 3.15. The Morgan fingerprint density at radius 1 is 1.09 bits per heavy atom. The Labute approximate surface area is 132 Å². The highest BCUT2D eigenvalue weighted by Gasteiger charge is 2.34. The summed E-state index contributed by atoms with van der Waals surface area (Å²) in [7, 11) is 0. The van der Waals surface area contributed by atoms with Crippen LogP contribution in [0.25, 0.3) is 11.0 Å². The molecule has 6 heteroatoms. The highest BCUT2D eigenvalue weighted by molar-refractivity contribution is 5.95. The molecule has 0 saturated heterocycles. The molecule has 0 bridgehead atoms. The van der Waals surface area contributed by atoms with E-state index in [1.807, 2.05) is 42.5 Å². The monoisotopic (exact) mass is 309 g/mol.